The van der Waals surface area contributed by atoms with E-state index in [9.17, 15) is 18.3 Å². The number of aliphatic hydroxyl groups excluding tert-OH is 1. The van der Waals surface area contributed by atoms with Gasteiger partial charge in [-0.2, -0.15) is 5.10 Å². The van der Waals surface area contributed by atoms with Crippen LogP contribution in [0.1, 0.15) is 65.8 Å². The van der Waals surface area contributed by atoms with Crippen LogP contribution in [0.2, 0.25) is 0 Å². The van der Waals surface area contributed by atoms with Crippen molar-refractivity contribution in [2.75, 3.05) is 42.1 Å². The normalized spacial score (nSPS) is 21.8. The van der Waals surface area contributed by atoms with E-state index in [1.807, 2.05) is 31.0 Å². The van der Waals surface area contributed by atoms with Gasteiger partial charge in [-0.3, -0.25) is 9.52 Å². The second-order valence-electron chi connectivity index (χ2n) is 11.1. The van der Waals surface area contributed by atoms with Crippen LogP contribution in [0.5, 0.6) is 0 Å². The third-order valence-electron chi connectivity index (χ3n) is 7.67. The van der Waals surface area contributed by atoms with Crippen molar-refractivity contribution in [3.05, 3.63) is 52.8 Å². The number of nitrogens with zero attached hydrogens (tertiary/aromatic N) is 5. The molecule has 4 heterocycles. The molecular formula is C28H39N7O4S. The average molecular weight is 570 g/mol. The number of aliphatic hydroxyl groups is 1. The van der Waals surface area contributed by atoms with Crippen LogP contribution in [0.4, 0.5) is 11.5 Å². The number of benzene rings is 1. The fourth-order valence-electron chi connectivity index (χ4n) is 5.75. The number of sulfonamides is 1. The van der Waals surface area contributed by atoms with Crippen LogP contribution in [0.15, 0.2) is 30.5 Å². The molecule has 5 rings (SSSR count). The molecule has 3 aromatic rings. The van der Waals surface area contributed by atoms with Crippen LogP contribution in [-0.2, 0) is 10.0 Å². The van der Waals surface area contributed by atoms with Gasteiger partial charge in [-0.1, -0.05) is 18.6 Å². The molecule has 3 N–H and O–H groups in total. The molecule has 1 aromatic carbocycles. The Labute approximate surface area is 235 Å². The van der Waals surface area contributed by atoms with Gasteiger partial charge >= 0.3 is 0 Å². The minimum atomic E-state index is -3.56. The van der Waals surface area contributed by atoms with E-state index in [1.54, 1.807) is 22.7 Å². The first-order valence-electron chi connectivity index (χ1n) is 14.0. The number of likely N-dealkylation sites (tertiary alicyclic amines) is 1. The second-order valence-corrected chi connectivity index (χ2v) is 12.8. The first-order chi connectivity index (χ1) is 19.0. The zero-order chi connectivity index (χ0) is 28.6. The molecule has 2 saturated heterocycles. The van der Waals surface area contributed by atoms with Crippen molar-refractivity contribution in [2.24, 2.45) is 0 Å². The standard InChI is InChI=1S/C28H39N7O4S/c1-5-11-29-23-16-33(17-25(23)36)27-19(3)15-35-26(30-27)14-22(31-35)24-8-6-7-12-34(24)28(37)20-13-18(2)9-10-21(20)32-40(4,38)39/h9-10,13-15,23-25,29,32,36H,5-8,11-12,16-17H2,1-4H3. The number of carbonyl (C=O) groups excluding carboxylic acids is 1. The minimum Gasteiger partial charge on any atom is -0.390 e. The monoisotopic (exact) mass is 569 g/mol. The molecule has 0 radical (unpaired) electrons. The van der Waals surface area contributed by atoms with Crippen molar-refractivity contribution in [2.45, 2.75) is 64.6 Å². The summed E-state index contributed by atoms with van der Waals surface area (Å²) < 4.78 is 28.2. The van der Waals surface area contributed by atoms with E-state index in [0.717, 1.165) is 61.1 Å². The minimum absolute atomic E-state index is 0.00311. The molecule has 1 amide bonds. The van der Waals surface area contributed by atoms with Crippen molar-refractivity contribution < 1.29 is 18.3 Å². The number of nitrogens with one attached hydrogen (secondary N) is 2. The van der Waals surface area contributed by atoms with Gasteiger partial charge in [0.05, 0.1) is 41.4 Å². The molecule has 0 bridgehead atoms. The number of piperidine rings is 1. The highest BCUT2D eigenvalue weighted by Crippen LogP contribution is 2.34. The van der Waals surface area contributed by atoms with Gasteiger partial charge in [0.25, 0.3) is 5.91 Å². The number of fused-ring (bicyclic) bond motifs is 1. The third kappa shape index (κ3) is 5.93. The first kappa shape index (κ1) is 28.3. The molecule has 0 aliphatic carbocycles. The predicted molar refractivity (Wildman–Crippen MR) is 155 cm³/mol. The SMILES string of the molecule is CCCNC1CN(c2nc3cc(C4CCCCN4C(=O)c4cc(C)ccc4NS(C)(=O)=O)nn3cc2C)CC1O. The number of aryl methyl sites for hydroxylation is 2. The van der Waals surface area contributed by atoms with Gasteiger partial charge in [0.2, 0.25) is 10.0 Å². The molecule has 12 heteroatoms. The fourth-order valence-corrected chi connectivity index (χ4v) is 6.33. The van der Waals surface area contributed by atoms with Crippen molar-refractivity contribution in [1.82, 2.24) is 24.8 Å². The number of hydrogen-bond donors (Lipinski definition) is 3. The Bertz CT molecular complexity index is 1510. The van der Waals surface area contributed by atoms with Gasteiger partial charge in [0, 0.05) is 37.5 Å². The zero-order valence-electron chi connectivity index (χ0n) is 23.6. The Kier molecular flexibility index (Phi) is 8.03. The molecule has 3 unspecified atom stereocenters. The molecule has 3 atom stereocenters. The van der Waals surface area contributed by atoms with E-state index >= 15 is 0 Å². The summed E-state index contributed by atoms with van der Waals surface area (Å²) in [5.41, 5.74) is 3.87. The highest BCUT2D eigenvalue weighted by molar-refractivity contribution is 7.92. The summed E-state index contributed by atoms with van der Waals surface area (Å²) in [4.78, 5) is 22.7. The number of amides is 1. The lowest BCUT2D eigenvalue weighted by atomic mass is 9.97. The molecule has 2 aromatic heterocycles. The van der Waals surface area contributed by atoms with Crippen LogP contribution in [0, 0.1) is 13.8 Å². The predicted octanol–water partition coefficient (Wildman–Crippen LogP) is 2.63. The summed E-state index contributed by atoms with van der Waals surface area (Å²) in [6.07, 6.45) is 6.15. The number of β-amino-alcohol motifs (C(OH)–C–C–N with tert-alkyl or cyclic N) is 1. The van der Waals surface area contributed by atoms with Gasteiger partial charge in [0.15, 0.2) is 5.65 Å². The highest BCUT2D eigenvalue weighted by atomic mass is 32.2. The number of carbonyl (C=O) groups is 1. The zero-order valence-corrected chi connectivity index (χ0v) is 24.4. The van der Waals surface area contributed by atoms with Crippen molar-refractivity contribution in [1.29, 1.82) is 0 Å². The molecule has 2 aliphatic rings. The molecule has 0 spiro atoms. The summed E-state index contributed by atoms with van der Waals surface area (Å²) in [5, 5.41) is 18.8. The summed E-state index contributed by atoms with van der Waals surface area (Å²) in [6.45, 7) is 8.58. The fraction of sp³-hybridized carbons (Fsp3) is 0.536. The van der Waals surface area contributed by atoms with Crippen LogP contribution in [-0.4, -0.2) is 83.5 Å². The largest absolute Gasteiger partial charge is 0.390 e. The molecule has 0 saturated carbocycles. The van der Waals surface area contributed by atoms with Crippen LogP contribution >= 0.6 is 0 Å². The van der Waals surface area contributed by atoms with Crippen LogP contribution < -0.4 is 14.9 Å². The molecule has 2 fully saturated rings. The Balaban J connectivity index is 1.44. The number of rotatable bonds is 8. The summed E-state index contributed by atoms with van der Waals surface area (Å²) >= 11 is 0. The van der Waals surface area contributed by atoms with Crippen LogP contribution in [0.3, 0.4) is 0 Å². The van der Waals surface area contributed by atoms with E-state index in [2.05, 4.69) is 21.9 Å². The Morgan fingerprint density at radius 2 is 1.98 bits per heavy atom. The van der Waals surface area contributed by atoms with E-state index < -0.39 is 16.1 Å². The van der Waals surface area contributed by atoms with Gasteiger partial charge in [-0.25, -0.2) is 17.9 Å². The number of aromatic nitrogens is 3. The average Bonchev–Trinajstić information content (AvgIpc) is 3.49. The van der Waals surface area contributed by atoms with Gasteiger partial charge in [0.1, 0.15) is 5.82 Å². The van der Waals surface area contributed by atoms with E-state index in [-0.39, 0.29) is 23.7 Å². The Morgan fingerprint density at radius 3 is 2.73 bits per heavy atom. The third-order valence-corrected chi connectivity index (χ3v) is 8.27. The van der Waals surface area contributed by atoms with E-state index in [4.69, 9.17) is 10.1 Å². The molecule has 40 heavy (non-hydrogen) atoms. The van der Waals surface area contributed by atoms with E-state index in [0.29, 0.717) is 30.8 Å². The maximum absolute atomic E-state index is 13.9. The topological polar surface area (TPSA) is 132 Å². The van der Waals surface area contributed by atoms with Crippen LogP contribution in [0.25, 0.3) is 5.65 Å². The summed E-state index contributed by atoms with van der Waals surface area (Å²) in [5.74, 6) is 0.602. The maximum atomic E-state index is 13.9. The molecule has 216 valence electrons. The smallest absolute Gasteiger partial charge is 0.256 e. The van der Waals surface area contributed by atoms with E-state index in [1.165, 1.54) is 0 Å². The maximum Gasteiger partial charge on any atom is 0.256 e. The lowest BCUT2D eigenvalue weighted by molar-refractivity contribution is 0.0606. The van der Waals surface area contributed by atoms with Gasteiger partial charge in [-0.05, 0) is 58.2 Å². The van der Waals surface area contributed by atoms with Gasteiger partial charge < -0.3 is 20.2 Å². The summed E-state index contributed by atoms with van der Waals surface area (Å²) in [7, 11) is -3.56. The quantitative estimate of drug-likeness (QED) is 0.377. The van der Waals surface area contributed by atoms with Crippen molar-refractivity contribution in [3.63, 3.8) is 0 Å². The Hall–Kier alpha value is -3.22. The molecular weight excluding hydrogens is 530 g/mol. The second kappa shape index (κ2) is 11.3. The molecule has 11 nitrogen and oxygen atoms in total. The number of anilines is 2. The Morgan fingerprint density at radius 1 is 1.18 bits per heavy atom. The highest BCUT2D eigenvalue weighted by Gasteiger charge is 2.34. The lowest BCUT2D eigenvalue weighted by Gasteiger charge is -2.35. The van der Waals surface area contributed by atoms with Crippen molar-refractivity contribution in [3.8, 4) is 0 Å². The molecule has 2 aliphatic heterocycles. The lowest BCUT2D eigenvalue weighted by Crippen LogP contribution is -2.39. The first-order valence-corrected chi connectivity index (χ1v) is 15.9. The van der Waals surface area contributed by atoms with Crippen molar-refractivity contribution >= 4 is 33.1 Å². The van der Waals surface area contributed by atoms with Gasteiger partial charge in [-0.15, -0.1) is 0 Å². The number of hydrogen-bond acceptors (Lipinski definition) is 8. The summed E-state index contributed by atoms with van der Waals surface area (Å²) in [6, 6.07) is 6.84.